The van der Waals surface area contributed by atoms with Crippen LogP contribution in [0.2, 0.25) is 5.02 Å². The van der Waals surface area contributed by atoms with Gasteiger partial charge in [-0.15, -0.1) is 0 Å². The Morgan fingerprint density at radius 1 is 1.53 bits per heavy atom. The third-order valence-electron chi connectivity index (χ3n) is 2.53. The number of carbonyl (C=O) groups excluding carboxylic acids is 1. The molecule has 0 aliphatic carbocycles. The van der Waals surface area contributed by atoms with Crippen LogP contribution in [0.4, 0.5) is 5.69 Å². The second-order valence-corrected chi connectivity index (χ2v) is 5.31. The molecular weight excluding hydrogens is 284 g/mol. The molecule has 0 fully saturated rings. The van der Waals surface area contributed by atoms with Gasteiger partial charge in [-0.1, -0.05) is 34.8 Å². The smallest absolute Gasteiger partial charge is 0.260 e. The molecule has 1 unspecified atom stereocenters. The van der Waals surface area contributed by atoms with Gasteiger partial charge >= 0.3 is 0 Å². The minimum Gasteiger partial charge on any atom is -0.489 e. The van der Waals surface area contributed by atoms with Gasteiger partial charge in [-0.3, -0.25) is 4.79 Å². The monoisotopic (exact) mass is 293 g/mol. The Bertz CT molecular complexity index is 450. The van der Waals surface area contributed by atoms with E-state index in [1.165, 1.54) is 4.90 Å². The fraction of sp³-hybridized carbons (Fsp3) is 0.364. The first-order valence-electron chi connectivity index (χ1n) is 5.04. The number of benzene rings is 1. The Hall–Kier alpha value is -0.640. The summed E-state index contributed by atoms with van der Waals surface area (Å²) in [5.41, 5.74) is 0.604. The van der Waals surface area contributed by atoms with Crippen LogP contribution >= 0.6 is 34.8 Å². The van der Waals surface area contributed by atoms with Crippen LogP contribution in [0.15, 0.2) is 18.2 Å². The number of halogens is 3. The molecule has 2 rings (SSSR count). The standard InChI is InChI=1S/C11H10Cl3NO2/c1-6-5-17-9-3-2-7(12)4-8(9)15(6)11(16)10(13)14/h2-4,6,10H,5H2,1H3. The molecule has 0 spiro atoms. The van der Waals surface area contributed by atoms with Crippen LogP contribution in [0, 0.1) is 0 Å². The van der Waals surface area contributed by atoms with Gasteiger partial charge in [0, 0.05) is 5.02 Å². The molecule has 0 N–H and O–H groups in total. The average molecular weight is 295 g/mol. The molecule has 3 nitrogen and oxygen atoms in total. The van der Waals surface area contributed by atoms with Gasteiger partial charge in [-0.05, 0) is 25.1 Å². The third kappa shape index (κ3) is 2.46. The van der Waals surface area contributed by atoms with Crippen LogP contribution in [0.1, 0.15) is 6.92 Å². The number of ether oxygens (including phenoxy) is 1. The lowest BCUT2D eigenvalue weighted by molar-refractivity contribution is -0.117. The predicted molar refractivity (Wildman–Crippen MR) is 69.4 cm³/mol. The third-order valence-corrected chi connectivity index (χ3v) is 3.13. The predicted octanol–water partition coefficient (Wildman–Crippen LogP) is 3.26. The van der Waals surface area contributed by atoms with E-state index < -0.39 is 4.84 Å². The molecule has 1 atom stereocenters. The summed E-state index contributed by atoms with van der Waals surface area (Å²) in [6, 6.07) is 4.97. The van der Waals surface area contributed by atoms with Crippen molar-refractivity contribution in [1.29, 1.82) is 0 Å². The number of alkyl halides is 2. The average Bonchev–Trinajstić information content (AvgIpc) is 2.27. The molecular formula is C11H10Cl3NO2. The van der Waals surface area contributed by atoms with Crippen molar-refractivity contribution in [1.82, 2.24) is 0 Å². The van der Waals surface area contributed by atoms with Gasteiger partial charge in [0.05, 0.1) is 11.7 Å². The molecule has 1 aromatic carbocycles. The van der Waals surface area contributed by atoms with Crippen molar-refractivity contribution in [3.63, 3.8) is 0 Å². The van der Waals surface area contributed by atoms with Gasteiger partial charge in [0.2, 0.25) is 0 Å². The van der Waals surface area contributed by atoms with Crippen molar-refractivity contribution < 1.29 is 9.53 Å². The Labute approximate surface area is 114 Å². The number of hydrogen-bond acceptors (Lipinski definition) is 2. The minimum atomic E-state index is -1.10. The number of hydrogen-bond donors (Lipinski definition) is 0. The second kappa shape index (κ2) is 4.92. The van der Waals surface area contributed by atoms with Crippen LogP contribution in [0.25, 0.3) is 0 Å². The lowest BCUT2D eigenvalue weighted by Gasteiger charge is -2.35. The maximum Gasteiger partial charge on any atom is 0.260 e. The molecule has 1 heterocycles. The topological polar surface area (TPSA) is 29.5 Å². The first-order valence-corrected chi connectivity index (χ1v) is 6.29. The highest BCUT2D eigenvalue weighted by Crippen LogP contribution is 2.36. The first-order chi connectivity index (χ1) is 8.00. The van der Waals surface area contributed by atoms with E-state index in [0.717, 1.165) is 0 Å². The summed E-state index contributed by atoms with van der Waals surface area (Å²) < 4.78 is 5.51. The van der Waals surface area contributed by atoms with Gasteiger partial charge in [0.1, 0.15) is 12.4 Å². The summed E-state index contributed by atoms with van der Waals surface area (Å²) >= 11 is 17.2. The SMILES string of the molecule is CC1COc2ccc(Cl)cc2N1C(=O)C(Cl)Cl. The van der Waals surface area contributed by atoms with Gasteiger partial charge in [-0.2, -0.15) is 0 Å². The van der Waals surface area contributed by atoms with Crippen LogP contribution < -0.4 is 9.64 Å². The van der Waals surface area contributed by atoms with Crippen molar-refractivity contribution in [3.05, 3.63) is 23.2 Å². The zero-order valence-electron chi connectivity index (χ0n) is 8.99. The Balaban J connectivity index is 2.45. The quantitative estimate of drug-likeness (QED) is 0.744. The number of amides is 1. The summed E-state index contributed by atoms with van der Waals surface area (Å²) in [4.78, 5) is 12.4. The van der Waals surface area contributed by atoms with E-state index in [-0.39, 0.29) is 11.9 Å². The van der Waals surface area contributed by atoms with E-state index in [0.29, 0.717) is 23.1 Å². The van der Waals surface area contributed by atoms with Gasteiger partial charge in [-0.25, -0.2) is 0 Å². The molecule has 0 aromatic heterocycles. The zero-order chi connectivity index (χ0) is 12.6. The molecule has 1 amide bonds. The first kappa shape index (κ1) is 12.8. The highest BCUT2D eigenvalue weighted by atomic mass is 35.5. The molecule has 17 heavy (non-hydrogen) atoms. The molecule has 1 aliphatic rings. The van der Waals surface area contributed by atoms with E-state index >= 15 is 0 Å². The van der Waals surface area contributed by atoms with Crippen LogP contribution in [-0.4, -0.2) is 23.4 Å². The Kier molecular flexibility index (Phi) is 3.71. The number of fused-ring (bicyclic) bond motifs is 1. The number of anilines is 1. The minimum absolute atomic E-state index is 0.131. The summed E-state index contributed by atoms with van der Waals surface area (Å²) in [5.74, 6) is 0.238. The molecule has 0 bridgehead atoms. The van der Waals surface area contributed by atoms with Crippen molar-refractivity contribution in [2.75, 3.05) is 11.5 Å². The van der Waals surface area contributed by atoms with Crippen LogP contribution in [-0.2, 0) is 4.79 Å². The summed E-state index contributed by atoms with van der Waals surface area (Å²) in [6.07, 6.45) is 0. The second-order valence-electron chi connectivity index (χ2n) is 3.78. The normalized spacial score (nSPS) is 18.9. The fourth-order valence-electron chi connectivity index (χ4n) is 1.76. The van der Waals surface area contributed by atoms with Crippen LogP contribution in [0.3, 0.4) is 0 Å². The summed E-state index contributed by atoms with van der Waals surface area (Å²) in [7, 11) is 0. The zero-order valence-corrected chi connectivity index (χ0v) is 11.3. The van der Waals surface area contributed by atoms with E-state index in [2.05, 4.69) is 0 Å². The molecule has 0 saturated carbocycles. The molecule has 0 saturated heterocycles. The highest BCUT2D eigenvalue weighted by Gasteiger charge is 2.32. The summed E-state index contributed by atoms with van der Waals surface area (Å²) in [5, 5.41) is 0.528. The maximum atomic E-state index is 11.9. The molecule has 0 radical (unpaired) electrons. The van der Waals surface area contributed by atoms with E-state index in [4.69, 9.17) is 39.5 Å². The lowest BCUT2D eigenvalue weighted by Crippen LogP contribution is -2.47. The highest BCUT2D eigenvalue weighted by molar-refractivity contribution is 6.54. The molecule has 1 aliphatic heterocycles. The largest absolute Gasteiger partial charge is 0.489 e. The summed E-state index contributed by atoms with van der Waals surface area (Å²) in [6.45, 7) is 2.26. The Morgan fingerprint density at radius 3 is 2.88 bits per heavy atom. The number of carbonyl (C=O) groups is 1. The molecule has 92 valence electrons. The van der Waals surface area contributed by atoms with E-state index in [9.17, 15) is 4.79 Å². The van der Waals surface area contributed by atoms with Crippen LogP contribution in [0.5, 0.6) is 5.75 Å². The maximum absolute atomic E-state index is 11.9. The van der Waals surface area contributed by atoms with Gasteiger partial charge in [0.25, 0.3) is 5.91 Å². The van der Waals surface area contributed by atoms with E-state index in [1.54, 1.807) is 18.2 Å². The van der Waals surface area contributed by atoms with Crippen molar-refractivity contribution >= 4 is 46.4 Å². The molecule has 6 heteroatoms. The van der Waals surface area contributed by atoms with Crippen molar-refractivity contribution in [3.8, 4) is 5.75 Å². The molecule has 1 aromatic rings. The fourth-order valence-corrected chi connectivity index (χ4v) is 2.14. The van der Waals surface area contributed by atoms with Crippen molar-refractivity contribution in [2.24, 2.45) is 0 Å². The number of rotatable bonds is 1. The Morgan fingerprint density at radius 2 is 2.24 bits per heavy atom. The lowest BCUT2D eigenvalue weighted by atomic mass is 10.1. The van der Waals surface area contributed by atoms with E-state index in [1.807, 2.05) is 6.92 Å². The van der Waals surface area contributed by atoms with Crippen molar-refractivity contribution in [2.45, 2.75) is 17.8 Å². The number of nitrogens with zero attached hydrogens (tertiary/aromatic N) is 1. The van der Waals surface area contributed by atoms with Gasteiger partial charge in [0.15, 0.2) is 4.84 Å². The van der Waals surface area contributed by atoms with Gasteiger partial charge < -0.3 is 9.64 Å².